The minimum atomic E-state index is -0.429. The van der Waals surface area contributed by atoms with Crippen molar-refractivity contribution in [3.8, 4) is 0 Å². The summed E-state index contributed by atoms with van der Waals surface area (Å²) in [4.78, 5) is 12.3. The van der Waals surface area contributed by atoms with Gasteiger partial charge in [-0.2, -0.15) is 0 Å². The molecule has 23 heavy (non-hydrogen) atoms. The average molecular weight is 309 g/mol. The van der Waals surface area contributed by atoms with Crippen LogP contribution >= 0.6 is 0 Å². The van der Waals surface area contributed by atoms with Crippen LogP contribution in [0.4, 0.5) is 0 Å². The Morgan fingerprint density at radius 3 is 2.91 bits per heavy atom. The summed E-state index contributed by atoms with van der Waals surface area (Å²) in [6, 6.07) is 11.5. The summed E-state index contributed by atoms with van der Waals surface area (Å²) in [6.07, 6.45) is 5.76. The Labute approximate surface area is 134 Å². The predicted octanol–water partition coefficient (Wildman–Crippen LogP) is 2.79. The zero-order chi connectivity index (χ0) is 16.2. The highest BCUT2D eigenvalue weighted by Crippen LogP contribution is 2.29. The van der Waals surface area contributed by atoms with Crippen LogP contribution in [0, 0.1) is 5.41 Å². The van der Waals surface area contributed by atoms with Crippen molar-refractivity contribution in [3.63, 3.8) is 0 Å². The lowest BCUT2D eigenvalue weighted by Crippen LogP contribution is -2.35. The van der Waals surface area contributed by atoms with Gasteiger partial charge in [-0.3, -0.25) is 10.2 Å². The van der Waals surface area contributed by atoms with Crippen molar-refractivity contribution in [2.45, 2.75) is 25.3 Å². The second-order valence-corrected chi connectivity index (χ2v) is 5.61. The van der Waals surface area contributed by atoms with Crippen LogP contribution in [-0.2, 0) is 11.2 Å². The molecule has 1 aliphatic rings. The van der Waals surface area contributed by atoms with E-state index in [1.54, 1.807) is 12.1 Å². The first-order valence-corrected chi connectivity index (χ1v) is 7.63. The van der Waals surface area contributed by atoms with E-state index in [4.69, 9.17) is 15.6 Å². The lowest BCUT2D eigenvalue weighted by Gasteiger charge is -2.26. The minimum Gasteiger partial charge on any atom is -0.463 e. The van der Waals surface area contributed by atoms with Crippen LogP contribution in [0.2, 0.25) is 0 Å². The van der Waals surface area contributed by atoms with Crippen molar-refractivity contribution in [1.29, 1.82) is 5.41 Å². The van der Waals surface area contributed by atoms with Gasteiger partial charge in [0, 0.05) is 0 Å². The zero-order valence-corrected chi connectivity index (χ0v) is 12.7. The van der Waals surface area contributed by atoms with Crippen LogP contribution < -0.4 is 11.1 Å². The number of amides is 1. The second-order valence-electron chi connectivity index (χ2n) is 5.61. The highest BCUT2D eigenvalue weighted by molar-refractivity contribution is 6.43. The van der Waals surface area contributed by atoms with Crippen molar-refractivity contribution in [2.75, 3.05) is 0 Å². The van der Waals surface area contributed by atoms with E-state index >= 15 is 0 Å². The fourth-order valence-electron chi connectivity index (χ4n) is 2.87. The molecule has 0 fully saturated rings. The maximum atomic E-state index is 12.3. The van der Waals surface area contributed by atoms with Gasteiger partial charge in [-0.25, -0.2) is 0 Å². The molecule has 1 aliphatic carbocycles. The number of fused-ring (bicyclic) bond motifs is 1. The number of furan rings is 1. The SMILES string of the molecule is N=C(C=C(N)c1ccco1)C(=O)NC1CCCc2ccccc21. The number of hydrogen-bond donors (Lipinski definition) is 3. The summed E-state index contributed by atoms with van der Waals surface area (Å²) in [6.45, 7) is 0. The molecule has 118 valence electrons. The molecular weight excluding hydrogens is 290 g/mol. The van der Waals surface area contributed by atoms with E-state index in [-0.39, 0.29) is 17.5 Å². The minimum absolute atomic E-state index is 0.0500. The van der Waals surface area contributed by atoms with Crippen molar-refractivity contribution in [3.05, 3.63) is 65.6 Å². The van der Waals surface area contributed by atoms with Gasteiger partial charge in [0.2, 0.25) is 0 Å². The van der Waals surface area contributed by atoms with Crippen LogP contribution in [0.15, 0.2) is 53.2 Å². The van der Waals surface area contributed by atoms with E-state index in [1.165, 1.54) is 17.9 Å². The summed E-state index contributed by atoms with van der Waals surface area (Å²) in [5, 5.41) is 10.9. The quantitative estimate of drug-likeness (QED) is 0.758. The van der Waals surface area contributed by atoms with Gasteiger partial charge < -0.3 is 15.5 Å². The number of nitrogens with one attached hydrogen (secondary N) is 2. The second kappa shape index (κ2) is 6.52. The first-order valence-electron chi connectivity index (χ1n) is 7.63. The lowest BCUT2D eigenvalue weighted by molar-refractivity contribution is -0.115. The fourth-order valence-corrected chi connectivity index (χ4v) is 2.87. The molecule has 0 radical (unpaired) electrons. The predicted molar refractivity (Wildman–Crippen MR) is 88.9 cm³/mol. The Hall–Kier alpha value is -2.82. The van der Waals surface area contributed by atoms with E-state index in [9.17, 15) is 4.79 Å². The van der Waals surface area contributed by atoms with Crippen LogP contribution in [0.5, 0.6) is 0 Å². The lowest BCUT2D eigenvalue weighted by atomic mass is 9.87. The summed E-state index contributed by atoms with van der Waals surface area (Å²) in [7, 11) is 0. The maximum absolute atomic E-state index is 12.3. The van der Waals surface area contributed by atoms with E-state index < -0.39 is 5.91 Å². The van der Waals surface area contributed by atoms with Gasteiger partial charge in [0.1, 0.15) is 11.5 Å². The molecule has 0 bridgehead atoms. The molecule has 0 saturated heterocycles. The fraction of sp³-hybridized carbons (Fsp3) is 0.222. The van der Waals surface area contributed by atoms with Crippen LogP contribution in [-0.4, -0.2) is 11.6 Å². The molecule has 0 spiro atoms. The molecule has 1 unspecified atom stereocenters. The van der Waals surface area contributed by atoms with Crippen molar-refractivity contribution in [1.82, 2.24) is 5.32 Å². The number of carbonyl (C=O) groups is 1. The third-order valence-corrected chi connectivity index (χ3v) is 4.02. The zero-order valence-electron chi connectivity index (χ0n) is 12.7. The van der Waals surface area contributed by atoms with Gasteiger partial charge in [0.05, 0.1) is 18.0 Å². The van der Waals surface area contributed by atoms with Crippen LogP contribution in [0.25, 0.3) is 5.70 Å². The van der Waals surface area contributed by atoms with E-state index in [1.807, 2.05) is 18.2 Å². The summed E-state index contributed by atoms with van der Waals surface area (Å²) < 4.78 is 5.15. The van der Waals surface area contributed by atoms with Crippen molar-refractivity contribution >= 4 is 17.3 Å². The number of hydrogen-bond acceptors (Lipinski definition) is 4. The summed E-state index contributed by atoms with van der Waals surface area (Å²) >= 11 is 0. The molecular formula is C18H19N3O2. The number of benzene rings is 1. The topological polar surface area (TPSA) is 92.1 Å². The summed E-state index contributed by atoms with van der Waals surface area (Å²) in [5.74, 6) is 0.0202. The van der Waals surface area contributed by atoms with Crippen molar-refractivity contribution in [2.24, 2.45) is 5.73 Å². The summed E-state index contributed by atoms with van der Waals surface area (Å²) in [5.41, 5.74) is 8.33. The van der Waals surface area contributed by atoms with Gasteiger partial charge in [0.15, 0.2) is 0 Å². The number of nitrogens with two attached hydrogens (primary N) is 1. The monoisotopic (exact) mass is 309 g/mol. The standard InChI is InChI=1S/C18H19N3O2/c19-14(17-9-4-10-23-17)11-15(20)18(22)21-16-8-3-6-12-5-1-2-7-13(12)16/h1-2,4-5,7,9-11,16,20H,3,6,8,19H2,(H,21,22). The smallest absolute Gasteiger partial charge is 0.269 e. The van der Waals surface area contributed by atoms with Crippen LogP contribution in [0.3, 0.4) is 0 Å². The third kappa shape index (κ3) is 3.34. The Morgan fingerprint density at radius 2 is 2.13 bits per heavy atom. The molecule has 2 aromatic rings. The first kappa shape index (κ1) is 15.1. The van der Waals surface area contributed by atoms with Gasteiger partial charge >= 0.3 is 0 Å². The van der Waals surface area contributed by atoms with Gasteiger partial charge in [-0.05, 0) is 48.6 Å². The molecule has 1 aromatic carbocycles. The van der Waals surface area contributed by atoms with E-state index in [0.717, 1.165) is 24.8 Å². The molecule has 1 heterocycles. The highest BCUT2D eigenvalue weighted by Gasteiger charge is 2.22. The average Bonchev–Trinajstić information content (AvgIpc) is 3.09. The van der Waals surface area contributed by atoms with E-state index in [0.29, 0.717) is 5.76 Å². The molecule has 5 heteroatoms. The number of aryl methyl sites for hydroxylation is 1. The van der Waals surface area contributed by atoms with Crippen LogP contribution in [0.1, 0.15) is 35.8 Å². The Bertz CT molecular complexity index is 747. The van der Waals surface area contributed by atoms with E-state index in [2.05, 4.69) is 11.4 Å². The maximum Gasteiger partial charge on any atom is 0.269 e. The van der Waals surface area contributed by atoms with Gasteiger partial charge in [-0.1, -0.05) is 24.3 Å². The third-order valence-electron chi connectivity index (χ3n) is 4.02. The molecule has 0 saturated carbocycles. The Morgan fingerprint density at radius 1 is 1.30 bits per heavy atom. The van der Waals surface area contributed by atoms with Gasteiger partial charge in [-0.15, -0.1) is 0 Å². The van der Waals surface area contributed by atoms with Gasteiger partial charge in [0.25, 0.3) is 5.91 Å². The molecule has 4 N–H and O–H groups in total. The Balaban J connectivity index is 1.70. The number of carbonyl (C=O) groups excluding carboxylic acids is 1. The molecule has 0 aliphatic heterocycles. The Kier molecular flexibility index (Phi) is 4.28. The molecule has 3 rings (SSSR count). The largest absolute Gasteiger partial charge is 0.463 e. The molecule has 1 atom stereocenters. The van der Waals surface area contributed by atoms with Crippen molar-refractivity contribution < 1.29 is 9.21 Å². The number of rotatable bonds is 4. The first-order chi connectivity index (χ1) is 11.1. The highest BCUT2D eigenvalue weighted by atomic mass is 16.3. The normalized spacial score (nSPS) is 17.4. The molecule has 1 amide bonds. The molecule has 1 aromatic heterocycles. The molecule has 5 nitrogen and oxygen atoms in total.